The molecule has 0 saturated carbocycles. The highest BCUT2D eigenvalue weighted by atomic mass is 16.7. The summed E-state index contributed by atoms with van der Waals surface area (Å²) < 4.78 is 10.7. The third-order valence-corrected chi connectivity index (χ3v) is 2.49. The molecule has 1 aromatic heterocycles. The first-order valence-corrected chi connectivity index (χ1v) is 5.68. The summed E-state index contributed by atoms with van der Waals surface area (Å²) in [6.07, 6.45) is 4.99. The van der Waals surface area contributed by atoms with Gasteiger partial charge < -0.3 is 9.47 Å². The van der Waals surface area contributed by atoms with Crippen molar-refractivity contribution in [2.45, 2.75) is 19.1 Å². The molecule has 1 aromatic rings. The van der Waals surface area contributed by atoms with Gasteiger partial charge in [-0.25, -0.2) is 5.43 Å². The minimum Gasteiger partial charge on any atom is -0.347 e. The van der Waals surface area contributed by atoms with Crippen LogP contribution >= 0.6 is 0 Å². The van der Waals surface area contributed by atoms with Crippen LogP contribution in [0.25, 0.3) is 0 Å². The molecule has 0 aliphatic carbocycles. The summed E-state index contributed by atoms with van der Waals surface area (Å²) in [6, 6.07) is 3.58. The predicted octanol–water partition coefficient (Wildman–Crippen LogP) is 0.685. The Balaban J connectivity index is 1.80. The lowest BCUT2D eigenvalue weighted by Gasteiger charge is -2.20. The maximum absolute atomic E-state index is 11.6. The number of ether oxygens (including phenoxy) is 2. The molecule has 1 aliphatic rings. The molecule has 0 bridgehead atoms. The van der Waals surface area contributed by atoms with E-state index in [0.29, 0.717) is 13.2 Å². The first-order valence-electron chi connectivity index (χ1n) is 5.68. The zero-order chi connectivity index (χ0) is 12.8. The predicted molar refractivity (Wildman–Crippen MR) is 64.9 cm³/mol. The van der Waals surface area contributed by atoms with Crippen LogP contribution in [0.5, 0.6) is 0 Å². The quantitative estimate of drug-likeness (QED) is 0.629. The maximum atomic E-state index is 11.6. The highest BCUT2D eigenvalue weighted by Gasteiger charge is 2.33. The van der Waals surface area contributed by atoms with E-state index in [1.807, 2.05) is 0 Å². The Morgan fingerprint density at radius 3 is 2.83 bits per heavy atom. The monoisotopic (exact) mass is 249 g/mol. The summed E-state index contributed by atoms with van der Waals surface area (Å²) in [5, 5.41) is 3.85. The minimum absolute atomic E-state index is 0.126. The van der Waals surface area contributed by atoms with Crippen LogP contribution in [0.4, 0.5) is 0 Å². The van der Waals surface area contributed by atoms with E-state index in [0.717, 1.165) is 5.56 Å². The molecule has 0 radical (unpaired) electrons. The van der Waals surface area contributed by atoms with Gasteiger partial charge in [0.25, 0.3) is 0 Å². The largest absolute Gasteiger partial charge is 0.347 e. The summed E-state index contributed by atoms with van der Waals surface area (Å²) >= 11 is 0. The van der Waals surface area contributed by atoms with E-state index >= 15 is 0 Å². The van der Waals surface area contributed by atoms with Gasteiger partial charge in [0.05, 0.1) is 25.8 Å². The van der Waals surface area contributed by atoms with Crippen molar-refractivity contribution in [3.63, 3.8) is 0 Å². The van der Waals surface area contributed by atoms with E-state index in [1.165, 1.54) is 0 Å². The van der Waals surface area contributed by atoms with Crippen molar-refractivity contribution in [1.82, 2.24) is 10.4 Å². The van der Waals surface area contributed by atoms with E-state index in [-0.39, 0.29) is 12.3 Å². The Hall–Kier alpha value is -1.79. The number of hydrogen-bond acceptors (Lipinski definition) is 5. The van der Waals surface area contributed by atoms with E-state index in [2.05, 4.69) is 15.5 Å². The topological polar surface area (TPSA) is 72.8 Å². The third-order valence-electron chi connectivity index (χ3n) is 2.49. The standard InChI is InChI=1S/C12H15N3O3/c1-12(17-6-7-18-12)8-11(16)15-14-9-10-2-4-13-5-3-10/h2-5,9H,6-8H2,1H3,(H,15,16)/b14-9-. The van der Waals surface area contributed by atoms with Gasteiger partial charge in [-0.1, -0.05) is 0 Å². The Labute approximate surface area is 105 Å². The molecular weight excluding hydrogens is 234 g/mol. The minimum atomic E-state index is -0.823. The van der Waals surface area contributed by atoms with Crippen LogP contribution in [-0.2, 0) is 14.3 Å². The molecule has 2 rings (SSSR count). The molecule has 18 heavy (non-hydrogen) atoms. The Morgan fingerprint density at radius 1 is 1.50 bits per heavy atom. The Bertz CT molecular complexity index is 427. The molecule has 1 N–H and O–H groups in total. The van der Waals surface area contributed by atoms with Crippen molar-refractivity contribution in [3.05, 3.63) is 30.1 Å². The van der Waals surface area contributed by atoms with Gasteiger partial charge in [-0.05, 0) is 24.6 Å². The average molecular weight is 249 g/mol. The van der Waals surface area contributed by atoms with Crippen LogP contribution in [-0.4, -0.2) is 36.1 Å². The van der Waals surface area contributed by atoms with Crippen molar-refractivity contribution in [2.24, 2.45) is 5.10 Å². The first kappa shape index (κ1) is 12.7. The van der Waals surface area contributed by atoms with Crippen LogP contribution in [0.1, 0.15) is 18.9 Å². The SMILES string of the molecule is CC1(CC(=O)N/N=C\c2ccncc2)OCCO1. The molecule has 2 heterocycles. The molecule has 0 aromatic carbocycles. The summed E-state index contributed by atoms with van der Waals surface area (Å²) in [7, 11) is 0. The van der Waals surface area contributed by atoms with Crippen LogP contribution in [0.2, 0.25) is 0 Å². The zero-order valence-corrected chi connectivity index (χ0v) is 10.1. The van der Waals surface area contributed by atoms with Crippen LogP contribution in [0.15, 0.2) is 29.6 Å². The zero-order valence-electron chi connectivity index (χ0n) is 10.1. The average Bonchev–Trinajstić information content (AvgIpc) is 2.77. The lowest BCUT2D eigenvalue weighted by atomic mass is 10.2. The van der Waals surface area contributed by atoms with Crippen LogP contribution in [0, 0.1) is 0 Å². The van der Waals surface area contributed by atoms with Gasteiger partial charge in [-0.2, -0.15) is 5.10 Å². The van der Waals surface area contributed by atoms with Crippen molar-refractivity contribution in [1.29, 1.82) is 0 Å². The van der Waals surface area contributed by atoms with Gasteiger partial charge in [0, 0.05) is 12.4 Å². The summed E-state index contributed by atoms with van der Waals surface area (Å²) in [4.78, 5) is 15.5. The van der Waals surface area contributed by atoms with E-state index < -0.39 is 5.79 Å². The molecule has 1 amide bonds. The second-order valence-electron chi connectivity index (χ2n) is 4.08. The maximum Gasteiger partial charge on any atom is 0.245 e. The number of carbonyl (C=O) groups is 1. The molecular formula is C12H15N3O3. The molecule has 0 unspecified atom stereocenters. The molecule has 6 heteroatoms. The number of hydrazone groups is 1. The highest BCUT2D eigenvalue weighted by molar-refractivity contribution is 5.82. The summed E-state index contributed by atoms with van der Waals surface area (Å²) in [5.41, 5.74) is 3.30. The molecule has 0 atom stereocenters. The molecule has 1 aliphatic heterocycles. The van der Waals surface area contributed by atoms with Gasteiger partial charge in [-0.3, -0.25) is 9.78 Å². The fraction of sp³-hybridized carbons (Fsp3) is 0.417. The molecule has 1 fully saturated rings. The summed E-state index contributed by atoms with van der Waals surface area (Å²) in [6.45, 7) is 2.78. The van der Waals surface area contributed by atoms with Gasteiger partial charge in [-0.15, -0.1) is 0 Å². The van der Waals surface area contributed by atoms with Crippen molar-refractivity contribution in [3.8, 4) is 0 Å². The van der Waals surface area contributed by atoms with Gasteiger partial charge in [0.2, 0.25) is 5.91 Å². The number of hydrogen-bond donors (Lipinski definition) is 1. The van der Waals surface area contributed by atoms with E-state index in [1.54, 1.807) is 37.7 Å². The number of nitrogens with zero attached hydrogens (tertiary/aromatic N) is 2. The number of amides is 1. The third kappa shape index (κ3) is 3.61. The summed E-state index contributed by atoms with van der Waals surface area (Å²) in [5.74, 6) is -1.07. The molecule has 1 saturated heterocycles. The lowest BCUT2D eigenvalue weighted by Crippen LogP contribution is -2.33. The van der Waals surface area contributed by atoms with Gasteiger partial charge in [0.1, 0.15) is 0 Å². The van der Waals surface area contributed by atoms with E-state index in [4.69, 9.17) is 9.47 Å². The lowest BCUT2D eigenvalue weighted by molar-refractivity contribution is -0.159. The molecule has 6 nitrogen and oxygen atoms in total. The van der Waals surface area contributed by atoms with E-state index in [9.17, 15) is 4.79 Å². The Kier molecular flexibility index (Phi) is 4.01. The second-order valence-corrected chi connectivity index (χ2v) is 4.08. The Morgan fingerprint density at radius 2 is 2.17 bits per heavy atom. The number of aromatic nitrogens is 1. The molecule has 96 valence electrons. The number of pyridine rings is 1. The smallest absolute Gasteiger partial charge is 0.245 e. The van der Waals surface area contributed by atoms with Crippen molar-refractivity contribution < 1.29 is 14.3 Å². The second kappa shape index (κ2) is 5.70. The van der Waals surface area contributed by atoms with Crippen molar-refractivity contribution in [2.75, 3.05) is 13.2 Å². The number of carbonyl (C=O) groups excluding carboxylic acids is 1. The van der Waals surface area contributed by atoms with Crippen molar-refractivity contribution >= 4 is 12.1 Å². The number of nitrogens with one attached hydrogen (secondary N) is 1. The van der Waals surface area contributed by atoms with Crippen LogP contribution < -0.4 is 5.43 Å². The fourth-order valence-corrected chi connectivity index (χ4v) is 1.62. The first-order chi connectivity index (χ1) is 8.68. The van der Waals surface area contributed by atoms with Gasteiger partial charge in [0.15, 0.2) is 5.79 Å². The van der Waals surface area contributed by atoms with Gasteiger partial charge >= 0.3 is 0 Å². The highest BCUT2D eigenvalue weighted by Crippen LogP contribution is 2.21. The normalized spacial score (nSPS) is 18.1. The molecule has 0 spiro atoms. The number of rotatable bonds is 4. The van der Waals surface area contributed by atoms with Crippen LogP contribution in [0.3, 0.4) is 0 Å². The fourth-order valence-electron chi connectivity index (χ4n) is 1.62.